The van der Waals surface area contributed by atoms with Gasteiger partial charge in [0.1, 0.15) is 23.3 Å². The Kier molecular flexibility index (Phi) is 13.2. The van der Waals surface area contributed by atoms with Crippen LogP contribution in [-0.2, 0) is 12.8 Å². The second kappa shape index (κ2) is 19.5. The zero-order chi connectivity index (χ0) is 49.7. The van der Waals surface area contributed by atoms with Crippen LogP contribution in [-0.4, -0.2) is 103 Å². The van der Waals surface area contributed by atoms with Crippen LogP contribution in [0.2, 0.25) is 0 Å². The molecule has 348 valence electrons. The van der Waals surface area contributed by atoms with E-state index in [1.807, 2.05) is 26.0 Å². The Morgan fingerprint density at radius 1 is 0.580 bits per heavy atom. The van der Waals surface area contributed by atoms with E-state index in [-0.39, 0.29) is 103 Å². The molecule has 0 aliphatic carbocycles. The van der Waals surface area contributed by atoms with Crippen LogP contribution < -0.4 is 11.5 Å². The first-order chi connectivity index (χ1) is 33.1. The average molecular weight is 938 g/mol. The SMILES string of the molecule is CCCCc1nn(-c2nc(O)nc(-n3nc(CCCC)c(/N=N/c4c(C#N)cnn4-c4cc(C(=O)O)cc(C(=O)O)c4)c3N)n2)c(N)c1/N=N/c1c(C#N)cnn1-c1cc(C(=O)O)cc(C(=O)O)c1. The second-order valence-electron chi connectivity index (χ2n) is 14.6. The standard InChI is InChI=1S/C41H35N19O9/c1-3-5-7-27-29(51-53-33-23(15-42)17-46-57(33)25-11-19(35(61)62)9-20(12-25)36(63)64)31(44)59(55-27)39-48-40(50-41(69)49-39)60-32(45)30(28(56-60)8-6-4-2)52-54-34-24(16-43)18-47-58(34)26-13-21(37(65)66)10-22(14-26)38(67)68/h9-14,17-18H,3-8,44-45H2,1-2H3,(H,61,62)(H,63,64)(H,65,66)(H,67,68)(H,48,49,50,69)/b53-51+,54-52+. The van der Waals surface area contributed by atoms with Gasteiger partial charge >= 0.3 is 29.9 Å². The lowest BCUT2D eigenvalue weighted by Gasteiger charge is -2.07. The van der Waals surface area contributed by atoms with E-state index in [0.717, 1.165) is 67.5 Å². The van der Waals surface area contributed by atoms with Gasteiger partial charge in [-0.1, -0.05) is 26.7 Å². The molecule has 0 fully saturated rings. The lowest BCUT2D eigenvalue weighted by atomic mass is 10.1. The molecule has 5 heterocycles. The van der Waals surface area contributed by atoms with Crippen molar-refractivity contribution in [2.75, 3.05) is 11.5 Å². The van der Waals surface area contributed by atoms with Crippen molar-refractivity contribution in [1.82, 2.24) is 54.1 Å². The number of carboxylic acid groups (broad SMARTS) is 4. The summed E-state index contributed by atoms with van der Waals surface area (Å²) in [6.45, 7) is 3.86. The van der Waals surface area contributed by atoms with E-state index >= 15 is 0 Å². The second-order valence-corrected chi connectivity index (χ2v) is 14.6. The number of aromatic nitrogens is 11. The zero-order valence-corrected chi connectivity index (χ0v) is 36.0. The molecule has 0 bridgehead atoms. The maximum atomic E-state index is 11.8. The molecule has 0 saturated heterocycles. The van der Waals surface area contributed by atoms with Crippen molar-refractivity contribution in [3.8, 4) is 41.4 Å². The molecule has 0 amide bonds. The first-order valence-corrected chi connectivity index (χ1v) is 20.3. The number of rotatable bonds is 18. The van der Waals surface area contributed by atoms with Gasteiger partial charge in [-0.05, 0) is 62.1 Å². The van der Waals surface area contributed by atoms with E-state index < -0.39 is 29.9 Å². The van der Waals surface area contributed by atoms with Crippen molar-refractivity contribution in [2.45, 2.75) is 52.4 Å². The first kappa shape index (κ1) is 46.7. The van der Waals surface area contributed by atoms with Gasteiger partial charge in [0.25, 0.3) is 11.9 Å². The number of nitrogens with two attached hydrogens (primary N) is 2. The summed E-state index contributed by atoms with van der Waals surface area (Å²) >= 11 is 0. The van der Waals surface area contributed by atoms with Crippen LogP contribution in [0.4, 0.5) is 34.6 Å². The van der Waals surface area contributed by atoms with Crippen molar-refractivity contribution >= 4 is 58.5 Å². The minimum Gasteiger partial charge on any atom is -0.479 e. The summed E-state index contributed by atoms with van der Waals surface area (Å²) in [5.41, 5.74) is 11.9. The van der Waals surface area contributed by atoms with Crippen LogP contribution in [0.1, 0.15) is 103 Å². The number of benzene rings is 2. The molecule has 0 atom stereocenters. The Bertz CT molecular complexity index is 3090. The summed E-state index contributed by atoms with van der Waals surface area (Å²) < 4.78 is 4.16. The number of carboxylic acids is 4. The molecule has 0 aliphatic rings. The smallest absolute Gasteiger partial charge is 0.335 e. The summed E-state index contributed by atoms with van der Waals surface area (Å²) in [4.78, 5) is 59.9. The highest BCUT2D eigenvalue weighted by atomic mass is 16.4. The number of hydrogen-bond acceptors (Lipinski definition) is 20. The van der Waals surface area contributed by atoms with Crippen molar-refractivity contribution < 1.29 is 44.7 Å². The molecular formula is C41H35N19O9. The highest BCUT2D eigenvalue weighted by Crippen LogP contribution is 2.36. The molecule has 28 nitrogen and oxygen atoms in total. The predicted octanol–water partition coefficient (Wildman–Crippen LogP) is 5.54. The molecule has 28 heteroatoms. The van der Waals surface area contributed by atoms with Crippen LogP contribution in [0.25, 0.3) is 23.3 Å². The van der Waals surface area contributed by atoms with E-state index in [1.54, 1.807) is 0 Å². The fraction of sp³-hybridized carbons (Fsp3) is 0.195. The molecule has 0 spiro atoms. The normalized spacial score (nSPS) is 11.3. The number of nitrogens with zero attached hydrogens (tertiary/aromatic N) is 17. The topological polar surface area (TPSA) is 428 Å². The number of unbranched alkanes of at least 4 members (excludes halogenated alkanes) is 2. The van der Waals surface area contributed by atoms with Crippen molar-refractivity contribution in [3.05, 3.63) is 93.6 Å². The van der Waals surface area contributed by atoms with Crippen LogP contribution >= 0.6 is 0 Å². The largest absolute Gasteiger partial charge is 0.479 e. The Morgan fingerprint density at radius 2 is 0.942 bits per heavy atom. The number of aromatic carboxylic acids is 4. The van der Waals surface area contributed by atoms with Gasteiger partial charge in [-0.2, -0.15) is 55.2 Å². The summed E-state index contributed by atoms with van der Waals surface area (Å²) in [6, 6.07) is 9.50. The monoisotopic (exact) mass is 937 g/mol. The first-order valence-electron chi connectivity index (χ1n) is 20.3. The summed E-state index contributed by atoms with van der Waals surface area (Å²) in [7, 11) is 0. The lowest BCUT2D eigenvalue weighted by Crippen LogP contribution is -2.13. The quantitative estimate of drug-likeness (QED) is 0.0519. The van der Waals surface area contributed by atoms with Gasteiger partial charge in [0, 0.05) is 0 Å². The van der Waals surface area contributed by atoms with E-state index in [0.29, 0.717) is 38.5 Å². The molecule has 0 radical (unpaired) electrons. The maximum absolute atomic E-state index is 11.8. The number of aryl methyl sites for hydroxylation is 2. The van der Waals surface area contributed by atoms with Gasteiger partial charge < -0.3 is 37.0 Å². The number of azo groups is 2. The summed E-state index contributed by atoms with van der Waals surface area (Å²) in [5, 5.41) is 104. The van der Waals surface area contributed by atoms with Gasteiger partial charge in [0.2, 0.25) is 0 Å². The number of hydrogen-bond donors (Lipinski definition) is 7. The van der Waals surface area contributed by atoms with E-state index in [9.17, 15) is 55.2 Å². The van der Waals surface area contributed by atoms with Crippen LogP contribution in [0.15, 0.2) is 69.2 Å². The molecule has 69 heavy (non-hydrogen) atoms. The van der Waals surface area contributed by atoms with Gasteiger partial charge in [-0.3, -0.25) is 0 Å². The molecule has 5 aromatic heterocycles. The fourth-order valence-electron chi connectivity index (χ4n) is 6.59. The Morgan fingerprint density at radius 3 is 1.26 bits per heavy atom. The molecule has 0 unspecified atom stereocenters. The van der Waals surface area contributed by atoms with Crippen LogP contribution in [0, 0.1) is 22.7 Å². The fourth-order valence-corrected chi connectivity index (χ4v) is 6.59. The predicted molar refractivity (Wildman–Crippen MR) is 235 cm³/mol. The average Bonchev–Trinajstić information content (AvgIpc) is 4.10. The van der Waals surface area contributed by atoms with E-state index in [1.165, 1.54) is 0 Å². The Balaban J connectivity index is 1.30. The molecular weight excluding hydrogens is 903 g/mol. The van der Waals surface area contributed by atoms with Gasteiger partial charge in [0.05, 0.1) is 57.4 Å². The maximum Gasteiger partial charge on any atom is 0.335 e. The van der Waals surface area contributed by atoms with Gasteiger partial charge in [-0.15, -0.1) is 20.5 Å². The number of anilines is 2. The Hall–Kier alpha value is -10.3. The highest BCUT2D eigenvalue weighted by Gasteiger charge is 2.25. The molecule has 9 N–H and O–H groups in total. The summed E-state index contributed by atoms with van der Waals surface area (Å²) in [5.74, 6) is -7.17. The van der Waals surface area contributed by atoms with E-state index in [2.05, 4.69) is 55.8 Å². The number of aromatic hydroxyl groups is 1. The van der Waals surface area contributed by atoms with Crippen LogP contribution in [0.3, 0.4) is 0 Å². The van der Waals surface area contributed by atoms with Crippen LogP contribution in [0.5, 0.6) is 6.01 Å². The van der Waals surface area contributed by atoms with Crippen molar-refractivity contribution in [3.63, 3.8) is 0 Å². The Labute approximate surface area is 386 Å². The molecule has 2 aromatic carbocycles. The van der Waals surface area contributed by atoms with E-state index in [4.69, 9.17) is 11.5 Å². The minimum absolute atomic E-state index is 0.0138. The third kappa shape index (κ3) is 9.46. The van der Waals surface area contributed by atoms with Gasteiger partial charge in [-0.25, -0.2) is 28.5 Å². The molecule has 0 aliphatic heterocycles. The number of nitrogen functional groups attached to an aromatic ring is 2. The highest BCUT2D eigenvalue weighted by molar-refractivity contribution is 5.95. The third-order valence-corrected chi connectivity index (χ3v) is 9.97. The molecule has 7 rings (SSSR count). The molecule has 7 aromatic rings. The van der Waals surface area contributed by atoms with Gasteiger partial charge in [0.15, 0.2) is 34.6 Å². The molecule has 0 saturated carbocycles. The van der Waals surface area contributed by atoms with Crippen molar-refractivity contribution in [1.29, 1.82) is 10.5 Å². The lowest BCUT2D eigenvalue weighted by molar-refractivity contribution is 0.0676. The zero-order valence-electron chi connectivity index (χ0n) is 36.0. The van der Waals surface area contributed by atoms with Crippen molar-refractivity contribution in [2.24, 2.45) is 20.5 Å². The minimum atomic E-state index is -1.42. The third-order valence-electron chi connectivity index (χ3n) is 9.97. The number of carbonyl (C=O) groups is 4. The summed E-state index contributed by atoms with van der Waals surface area (Å²) in [6.07, 6.45) is 5.43. The number of nitriles is 2.